The Labute approximate surface area is 118 Å². The second kappa shape index (κ2) is 4.72. The van der Waals surface area contributed by atoms with Crippen LogP contribution in [0.25, 0.3) is 0 Å². The first-order valence-electron chi connectivity index (χ1n) is 7.37. The zero-order chi connectivity index (χ0) is 14.4. The van der Waals surface area contributed by atoms with Crippen LogP contribution in [0.2, 0.25) is 0 Å². The summed E-state index contributed by atoms with van der Waals surface area (Å²) in [5.74, 6) is -0.658. The first-order valence-corrected chi connectivity index (χ1v) is 7.37. The van der Waals surface area contributed by atoms with E-state index in [-0.39, 0.29) is 41.4 Å². The number of likely N-dealkylation sites (N-methyl/N-ethyl adjacent to an activating group) is 1. The molecule has 4 aliphatic rings. The van der Waals surface area contributed by atoms with Crippen molar-refractivity contribution in [2.24, 2.45) is 23.7 Å². The van der Waals surface area contributed by atoms with Gasteiger partial charge in [-0.3, -0.25) is 19.3 Å². The van der Waals surface area contributed by atoms with Crippen molar-refractivity contribution in [3.63, 3.8) is 0 Å². The second-order valence-corrected chi connectivity index (χ2v) is 5.93. The molecular weight excluding hydrogens is 256 g/mol. The van der Waals surface area contributed by atoms with Crippen LogP contribution in [-0.2, 0) is 14.4 Å². The summed E-state index contributed by atoms with van der Waals surface area (Å²) in [7, 11) is 1.54. The number of fused-ring (bicyclic) bond motifs is 1. The van der Waals surface area contributed by atoms with Crippen molar-refractivity contribution in [2.45, 2.75) is 32.2 Å². The van der Waals surface area contributed by atoms with Gasteiger partial charge in [-0.05, 0) is 31.1 Å². The van der Waals surface area contributed by atoms with Crippen LogP contribution in [0.5, 0.6) is 0 Å². The number of imide groups is 1. The van der Waals surface area contributed by atoms with Gasteiger partial charge in [-0.25, -0.2) is 0 Å². The van der Waals surface area contributed by atoms with Crippen molar-refractivity contribution in [2.75, 3.05) is 7.05 Å². The lowest BCUT2D eigenvalue weighted by Crippen LogP contribution is -2.49. The fraction of sp³-hybridized carbons (Fsp3) is 0.667. The molecular formula is C15H20N2O3. The molecule has 3 amide bonds. The van der Waals surface area contributed by atoms with E-state index in [4.69, 9.17) is 0 Å². The highest BCUT2D eigenvalue weighted by atomic mass is 16.2. The van der Waals surface area contributed by atoms with E-state index in [0.717, 1.165) is 12.8 Å². The summed E-state index contributed by atoms with van der Waals surface area (Å²) in [4.78, 5) is 38.5. The number of hydrogen-bond acceptors (Lipinski definition) is 3. The summed E-state index contributed by atoms with van der Waals surface area (Å²) in [6.45, 7) is 1.83. The number of carbonyl (C=O) groups excluding carboxylic acids is 3. The highest BCUT2D eigenvalue weighted by Gasteiger charge is 2.58. The number of nitrogens with zero attached hydrogens (tertiary/aromatic N) is 1. The van der Waals surface area contributed by atoms with Crippen molar-refractivity contribution >= 4 is 17.7 Å². The predicted octanol–water partition coefficient (Wildman–Crippen LogP) is 0.708. The van der Waals surface area contributed by atoms with Crippen LogP contribution in [0.15, 0.2) is 12.2 Å². The molecule has 1 saturated carbocycles. The Bertz CT molecular complexity index is 467. The molecule has 20 heavy (non-hydrogen) atoms. The van der Waals surface area contributed by atoms with Crippen molar-refractivity contribution in [3.05, 3.63) is 12.2 Å². The Kier molecular flexibility index (Phi) is 3.15. The highest BCUT2D eigenvalue weighted by molar-refractivity contribution is 6.09. The molecule has 0 aromatic heterocycles. The van der Waals surface area contributed by atoms with Crippen LogP contribution in [-0.4, -0.2) is 35.7 Å². The minimum absolute atomic E-state index is 0.144. The number of likely N-dealkylation sites (tertiary alicyclic amines) is 1. The summed E-state index contributed by atoms with van der Waals surface area (Å²) < 4.78 is 0. The predicted molar refractivity (Wildman–Crippen MR) is 72.3 cm³/mol. The maximum Gasteiger partial charge on any atom is 0.243 e. The largest absolute Gasteiger partial charge is 0.357 e. The maximum absolute atomic E-state index is 12.7. The molecule has 0 unspecified atom stereocenters. The van der Waals surface area contributed by atoms with E-state index in [1.165, 1.54) is 11.9 Å². The Morgan fingerprint density at radius 3 is 2.10 bits per heavy atom. The summed E-state index contributed by atoms with van der Waals surface area (Å²) in [5.41, 5.74) is 0. The van der Waals surface area contributed by atoms with Crippen LogP contribution >= 0.6 is 0 Å². The molecule has 1 heterocycles. The van der Waals surface area contributed by atoms with Gasteiger partial charge in [0.25, 0.3) is 0 Å². The third kappa shape index (κ3) is 1.65. The van der Waals surface area contributed by atoms with E-state index in [2.05, 4.69) is 17.5 Å². The van der Waals surface area contributed by atoms with Gasteiger partial charge in [0.15, 0.2) is 0 Å². The molecule has 2 fully saturated rings. The minimum atomic E-state index is -0.662. The van der Waals surface area contributed by atoms with E-state index < -0.39 is 6.04 Å². The molecule has 4 rings (SSSR count). The zero-order valence-corrected chi connectivity index (χ0v) is 11.8. The maximum atomic E-state index is 12.7. The molecule has 5 heteroatoms. The molecule has 0 radical (unpaired) electrons. The van der Waals surface area contributed by atoms with Gasteiger partial charge in [0.05, 0.1) is 11.8 Å². The SMILES string of the molecule is CC[C@@H](C(=O)NC)N1C(=O)[C@@H]2[C@H](C1=O)[C@H]1C=C[C@H]2CC1. The molecule has 2 bridgehead atoms. The molecule has 0 spiro atoms. The van der Waals surface area contributed by atoms with Crippen molar-refractivity contribution in [1.29, 1.82) is 0 Å². The molecule has 5 atom stereocenters. The van der Waals surface area contributed by atoms with Gasteiger partial charge in [-0.1, -0.05) is 19.1 Å². The number of carbonyl (C=O) groups is 3. The summed E-state index contributed by atoms with van der Waals surface area (Å²) in [5, 5.41) is 2.55. The Hall–Kier alpha value is -1.65. The summed E-state index contributed by atoms with van der Waals surface area (Å²) in [6, 6.07) is -0.662. The van der Waals surface area contributed by atoms with Crippen molar-refractivity contribution < 1.29 is 14.4 Å². The first kappa shape index (κ1) is 13.3. The zero-order valence-electron chi connectivity index (χ0n) is 11.8. The average Bonchev–Trinajstić information content (AvgIpc) is 2.76. The molecule has 0 aromatic rings. The van der Waals surface area contributed by atoms with Crippen LogP contribution in [0.3, 0.4) is 0 Å². The van der Waals surface area contributed by atoms with Crippen LogP contribution in [0, 0.1) is 23.7 Å². The first-order chi connectivity index (χ1) is 9.60. The Morgan fingerprint density at radius 2 is 1.75 bits per heavy atom. The van der Waals surface area contributed by atoms with E-state index >= 15 is 0 Å². The fourth-order valence-electron chi connectivity index (χ4n) is 4.06. The lowest BCUT2D eigenvalue weighted by molar-refractivity contribution is -0.148. The molecule has 108 valence electrons. The normalized spacial score (nSPS) is 36.2. The standard InChI is InChI=1S/C15H20N2O3/c1-3-10(13(18)16-2)17-14(19)11-8-4-5-9(7-6-8)12(11)15(17)20/h4-5,8-12H,3,6-7H2,1-2H3,(H,16,18)/t8-,9-,10-,11-,12+/m0/s1. The number of nitrogens with one attached hydrogen (secondary N) is 1. The lowest BCUT2D eigenvalue weighted by Gasteiger charge is -2.38. The van der Waals surface area contributed by atoms with Crippen LogP contribution < -0.4 is 5.32 Å². The van der Waals surface area contributed by atoms with Gasteiger partial charge in [-0.15, -0.1) is 0 Å². The molecule has 1 aliphatic heterocycles. The lowest BCUT2D eigenvalue weighted by atomic mass is 9.63. The smallest absolute Gasteiger partial charge is 0.243 e. The topological polar surface area (TPSA) is 66.5 Å². The Morgan fingerprint density at radius 1 is 1.25 bits per heavy atom. The highest BCUT2D eigenvalue weighted by Crippen LogP contribution is 2.50. The average molecular weight is 276 g/mol. The van der Waals surface area contributed by atoms with Gasteiger partial charge in [0.2, 0.25) is 17.7 Å². The molecule has 5 nitrogen and oxygen atoms in total. The monoisotopic (exact) mass is 276 g/mol. The van der Waals surface area contributed by atoms with Gasteiger partial charge >= 0.3 is 0 Å². The molecule has 3 aliphatic carbocycles. The van der Waals surface area contributed by atoms with Gasteiger partial charge in [0.1, 0.15) is 6.04 Å². The van der Waals surface area contributed by atoms with E-state index in [1.807, 2.05) is 6.92 Å². The molecule has 1 saturated heterocycles. The summed E-state index contributed by atoms with van der Waals surface area (Å²) in [6.07, 6.45) is 6.59. The van der Waals surface area contributed by atoms with Gasteiger partial charge < -0.3 is 5.32 Å². The molecule has 0 aromatic carbocycles. The van der Waals surface area contributed by atoms with E-state index in [0.29, 0.717) is 6.42 Å². The van der Waals surface area contributed by atoms with Crippen molar-refractivity contribution in [3.8, 4) is 0 Å². The van der Waals surface area contributed by atoms with Gasteiger partial charge in [0, 0.05) is 7.05 Å². The number of rotatable bonds is 3. The van der Waals surface area contributed by atoms with Crippen LogP contribution in [0.4, 0.5) is 0 Å². The second-order valence-electron chi connectivity index (χ2n) is 5.93. The van der Waals surface area contributed by atoms with Crippen molar-refractivity contribution in [1.82, 2.24) is 10.2 Å². The summed E-state index contributed by atoms with van der Waals surface area (Å²) >= 11 is 0. The number of allylic oxidation sites excluding steroid dienone is 2. The van der Waals surface area contributed by atoms with E-state index in [1.54, 1.807) is 0 Å². The third-order valence-electron chi connectivity index (χ3n) is 5.04. The van der Waals surface area contributed by atoms with Crippen LogP contribution in [0.1, 0.15) is 26.2 Å². The molecule has 1 N–H and O–H groups in total. The number of hydrogen-bond donors (Lipinski definition) is 1. The minimum Gasteiger partial charge on any atom is -0.357 e. The van der Waals surface area contributed by atoms with Gasteiger partial charge in [-0.2, -0.15) is 0 Å². The number of amides is 3. The third-order valence-corrected chi connectivity index (χ3v) is 5.04. The Balaban J connectivity index is 1.94. The fourth-order valence-corrected chi connectivity index (χ4v) is 4.06. The van der Waals surface area contributed by atoms with E-state index in [9.17, 15) is 14.4 Å². The quantitative estimate of drug-likeness (QED) is 0.610.